The van der Waals surface area contributed by atoms with Crippen molar-refractivity contribution >= 4 is 83.9 Å². The van der Waals surface area contributed by atoms with E-state index in [1.54, 1.807) is 0 Å². The van der Waals surface area contributed by atoms with Crippen molar-refractivity contribution in [2.24, 2.45) is 0 Å². The van der Waals surface area contributed by atoms with Crippen LogP contribution in [0.3, 0.4) is 0 Å². The number of aromatic nitrogens is 1. The molecule has 61 heavy (non-hydrogen) atoms. The van der Waals surface area contributed by atoms with Crippen LogP contribution in [-0.2, 0) is 16.2 Å². The Bertz CT molecular complexity index is 3520. The molecular formula is C56H47BN2O2. The third-order valence-corrected chi connectivity index (χ3v) is 14.9. The van der Waals surface area contributed by atoms with Crippen LogP contribution in [0.25, 0.3) is 82.7 Å². The van der Waals surface area contributed by atoms with Crippen LogP contribution in [0.2, 0.25) is 0 Å². The molecular weight excluding hydrogens is 743 g/mol. The maximum atomic E-state index is 6.58. The average Bonchev–Trinajstić information content (AvgIpc) is 3.94. The first kappa shape index (κ1) is 35.3. The summed E-state index contributed by atoms with van der Waals surface area (Å²) in [6, 6.07) is 47.9. The van der Waals surface area contributed by atoms with Crippen LogP contribution in [0, 0.1) is 0 Å². The number of furan rings is 2. The smallest absolute Gasteiger partial charge is 0.333 e. The standard InChI is InChI=1S/C56H47BN2O2/c1-54(2,3)33-17-19-34(20-18-33)59-47-29-44-43(55(4,5)23-24-56(44,6)7)25-38(47)36-21-22-37-39-28-51-40(35-15-11-12-16-49(35)61-51)26-46(39)58-48-27-41-42(32-13-9-8-10-14-32)31-60-50(41)30-45(48)57(59)52(36)53(37)58/h8-22,25-31H,23-24H2,1-7H3. The maximum absolute atomic E-state index is 6.58. The number of hydrogen-bond acceptors (Lipinski definition) is 3. The molecule has 0 radical (unpaired) electrons. The van der Waals surface area contributed by atoms with Gasteiger partial charge in [-0.1, -0.05) is 121 Å². The fourth-order valence-electron chi connectivity index (χ4n) is 11.4. The minimum Gasteiger partial charge on any atom is -0.464 e. The predicted octanol–water partition coefficient (Wildman–Crippen LogP) is 14.0. The first-order chi connectivity index (χ1) is 29.4. The van der Waals surface area contributed by atoms with Gasteiger partial charge in [0.05, 0.1) is 17.3 Å². The third-order valence-electron chi connectivity index (χ3n) is 14.9. The van der Waals surface area contributed by atoms with Gasteiger partial charge in [-0.25, -0.2) is 0 Å². The average molecular weight is 791 g/mol. The normalized spacial score (nSPS) is 16.2. The van der Waals surface area contributed by atoms with Crippen molar-refractivity contribution < 1.29 is 8.83 Å². The lowest BCUT2D eigenvalue weighted by Crippen LogP contribution is -2.60. The second-order valence-electron chi connectivity index (χ2n) is 20.4. The highest BCUT2D eigenvalue weighted by atomic mass is 16.3. The molecule has 296 valence electrons. The van der Waals surface area contributed by atoms with Crippen molar-refractivity contribution in [1.29, 1.82) is 0 Å². The van der Waals surface area contributed by atoms with Crippen LogP contribution in [0.5, 0.6) is 0 Å². The second kappa shape index (κ2) is 11.7. The molecule has 1 aliphatic carbocycles. The summed E-state index contributed by atoms with van der Waals surface area (Å²) in [6.45, 7) is 16.6. The maximum Gasteiger partial charge on any atom is 0.333 e. The molecule has 3 aromatic heterocycles. The zero-order valence-corrected chi connectivity index (χ0v) is 35.9. The van der Waals surface area contributed by atoms with E-state index < -0.39 is 0 Å². The highest BCUT2D eigenvalue weighted by Gasteiger charge is 2.46. The topological polar surface area (TPSA) is 34.5 Å². The molecule has 7 aromatic carbocycles. The van der Waals surface area contributed by atoms with Crippen LogP contribution < -0.4 is 15.7 Å². The fourth-order valence-corrected chi connectivity index (χ4v) is 11.4. The molecule has 0 amide bonds. The number of para-hydroxylation sites is 1. The molecule has 0 bridgehead atoms. The van der Waals surface area contributed by atoms with E-state index in [-0.39, 0.29) is 23.1 Å². The van der Waals surface area contributed by atoms with Gasteiger partial charge in [0.25, 0.3) is 0 Å². The van der Waals surface area contributed by atoms with Crippen LogP contribution in [-0.4, -0.2) is 11.4 Å². The number of fused-ring (bicyclic) bond motifs is 13. The van der Waals surface area contributed by atoms with Crippen molar-refractivity contribution in [3.63, 3.8) is 0 Å². The van der Waals surface area contributed by atoms with Crippen LogP contribution in [0.1, 0.15) is 78.0 Å². The van der Waals surface area contributed by atoms with Gasteiger partial charge < -0.3 is 18.2 Å². The monoisotopic (exact) mass is 790 g/mol. The van der Waals surface area contributed by atoms with E-state index in [4.69, 9.17) is 8.83 Å². The summed E-state index contributed by atoms with van der Waals surface area (Å²) in [4.78, 5) is 2.67. The molecule has 0 unspecified atom stereocenters. The highest BCUT2D eigenvalue weighted by molar-refractivity contribution is 6.93. The Morgan fingerprint density at radius 2 is 1.31 bits per heavy atom. The summed E-state index contributed by atoms with van der Waals surface area (Å²) in [5.74, 6) is 0. The SMILES string of the molecule is CC(C)(C)c1ccc(N2B3c4cc5occ(-c6ccccc6)c5cc4-n4c5cc6c(cc5c5ccc(c3c54)-c3cc4c(cc32)C(C)(C)CCC4(C)C)oc2ccccc26)cc1. The molecule has 0 atom stereocenters. The lowest BCUT2D eigenvalue weighted by Gasteiger charge is -2.46. The summed E-state index contributed by atoms with van der Waals surface area (Å²) in [6.07, 6.45) is 4.28. The number of rotatable bonds is 2. The lowest BCUT2D eigenvalue weighted by atomic mass is 9.43. The Morgan fingerprint density at radius 1 is 0.574 bits per heavy atom. The number of anilines is 2. The molecule has 4 nitrogen and oxygen atoms in total. The quantitative estimate of drug-likeness (QED) is 0.164. The molecule has 0 spiro atoms. The van der Waals surface area contributed by atoms with E-state index in [1.807, 2.05) is 6.26 Å². The molecule has 0 saturated carbocycles. The van der Waals surface area contributed by atoms with E-state index in [2.05, 4.69) is 185 Å². The van der Waals surface area contributed by atoms with Crippen molar-refractivity contribution in [3.8, 4) is 27.9 Å². The molecule has 13 rings (SSSR count). The van der Waals surface area contributed by atoms with Crippen molar-refractivity contribution in [2.75, 3.05) is 4.81 Å². The van der Waals surface area contributed by atoms with E-state index in [0.717, 1.165) is 50.5 Å². The number of hydrogen-bond donors (Lipinski definition) is 0. The highest BCUT2D eigenvalue weighted by Crippen LogP contribution is 2.53. The molecule has 3 aliphatic rings. The Kier molecular flexibility index (Phi) is 6.76. The summed E-state index contributed by atoms with van der Waals surface area (Å²) in [5.41, 5.74) is 20.7. The van der Waals surface area contributed by atoms with Gasteiger partial charge in [0.15, 0.2) is 0 Å². The second-order valence-corrected chi connectivity index (χ2v) is 20.4. The molecule has 0 saturated heterocycles. The van der Waals surface area contributed by atoms with Crippen LogP contribution >= 0.6 is 0 Å². The van der Waals surface area contributed by atoms with Gasteiger partial charge >= 0.3 is 6.85 Å². The number of benzene rings is 7. The Labute approximate surface area is 356 Å². The first-order valence-corrected chi connectivity index (χ1v) is 22.0. The fraction of sp³-hybridized carbons (Fsp3) is 0.214. The first-order valence-electron chi connectivity index (χ1n) is 22.0. The summed E-state index contributed by atoms with van der Waals surface area (Å²) in [5, 5.41) is 5.83. The number of nitrogens with zero attached hydrogens (tertiary/aromatic N) is 2. The van der Waals surface area contributed by atoms with Crippen LogP contribution in [0.15, 0.2) is 142 Å². The van der Waals surface area contributed by atoms with E-state index in [9.17, 15) is 0 Å². The van der Waals surface area contributed by atoms with E-state index in [0.29, 0.717) is 0 Å². The van der Waals surface area contributed by atoms with E-state index >= 15 is 0 Å². The van der Waals surface area contributed by atoms with Gasteiger partial charge in [-0.2, -0.15) is 0 Å². The van der Waals surface area contributed by atoms with Gasteiger partial charge in [0.1, 0.15) is 16.7 Å². The molecule has 2 aliphatic heterocycles. The lowest BCUT2D eigenvalue weighted by molar-refractivity contribution is 0.332. The van der Waals surface area contributed by atoms with Gasteiger partial charge in [-0.3, -0.25) is 0 Å². The Hall–Kier alpha value is -6.46. The van der Waals surface area contributed by atoms with Crippen molar-refractivity contribution in [1.82, 2.24) is 4.57 Å². The molecule has 5 heteroatoms. The molecule has 0 fully saturated rings. The van der Waals surface area contributed by atoms with Gasteiger partial charge in [-0.15, -0.1) is 0 Å². The largest absolute Gasteiger partial charge is 0.464 e. The van der Waals surface area contributed by atoms with Crippen LogP contribution in [0.4, 0.5) is 11.4 Å². The Balaban J connectivity index is 1.20. The minimum atomic E-state index is -0.116. The Morgan fingerprint density at radius 3 is 2.08 bits per heavy atom. The molecule has 0 N–H and O–H groups in total. The van der Waals surface area contributed by atoms with Gasteiger partial charge in [0, 0.05) is 55.1 Å². The van der Waals surface area contributed by atoms with E-state index in [1.165, 1.54) is 84.0 Å². The van der Waals surface area contributed by atoms with Gasteiger partial charge in [-0.05, 0) is 122 Å². The molecule has 5 heterocycles. The minimum absolute atomic E-state index is 0.0377. The third kappa shape index (κ3) is 4.72. The summed E-state index contributed by atoms with van der Waals surface area (Å²) >= 11 is 0. The zero-order chi connectivity index (χ0) is 41.3. The van der Waals surface area contributed by atoms with Crippen molar-refractivity contribution in [2.45, 2.75) is 77.6 Å². The summed E-state index contributed by atoms with van der Waals surface area (Å²) < 4.78 is 15.7. The zero-order valence-electron chi connectivity index (χ0n) is 35.9. The summed E-state index contributed by atoms with van der Waals surface area (Å²) in [7, 11) is 0. The predicted molar refractivity (Wildman–Crippen MR) is 256 cm³/mol. The molecule has 10 aromatic rings. The van der Waals surface area contributed by atoms with Gasteiger partial charge in [0.2, 0.25) is 0 Å². The van der Waals surface area contributed by atoms with Crippen molar-refractivity contribution in [3.05, 3.63) is 150 Å².